The van der Waals surface area contributed by atoms with Crippen LogP contribution in [0.1, 0.15) is 11.1 Å². The van der Waals surface area contributed by atoms with Crippen molar-refractivity contribution in [3.63, 3.8) is 0 Å². The van der Waals surface area contributed by atoms with Crippen LogP contribution < -0.4 is 4.74 Å². The molecule has 0 radical (unpaired) electrons. The first-order chi connectivity index (χ1) is 12.9. The summed E-state index contributed by atoms with van der Waals surface area (Å²) in [7, 11) is 2.62. The smallest absolute Gasteiger partial charge is 0.333 e. The van der Waals surface area contributed by atoms with Crippen molar-refractivity contribution in [1.29, 1.82) is 0 Å². The molecule has 0 spiro atoms. The topological polar surface area (TPSA) is 66.9 Å². The highest BCUT2D eigenvalue weighted by Crippen LogP contribution is 2.25. The van der Waals surface area contributed by atoms with Crippen LogP contribution in [0.5, 0.6) is 5.75 Å². The summed E-state index contributed by atoms with van der Waals surface area (Å²) in [5.74, 6) is -1.37. The van der Waals surface area contributed by atoms with Gasteiger partial charge in [-0.3, -0.25) is 19.4 Å². The third-order valence-electron chi connectivity index (χ3n) is 4.20. The number of benzene rings is 2. The van der Waals surface area contributed by atoms with Gasteiger partial charge in [0.25, 0.3) is 11.8 Å². The van der Waals surface area contributed by atoms with E-state index in [0.717, 1.165) is 9.80 Å². The van der Waals surface area contributed by atoms with Gasteiger partial charge in [0.1, 0.15) is 23.7 Å². The molecule has 1 aliphatic rings. The number of urea groups is 1. The van der Waals surface area contributed by atoms with Crippen molar-refractivity contribution in [1.82, 2.24) is 9.80 Å². The van der Waals surface area contributed by atoms with Crippen LogP contribution in [0.4, 0.5) is 9.18 Å². The number of rotatable bonds is 4. The Morgan fingerprint density at radius 1 is 0.926 bits per heavy atom. The zero-order chi connectivity index (χ0) is 19.6. The summed E-state index contributed by atoms with van der Waals surface area (Å²) < 4.78 is 19.5. The largest absolute Gasteiger partial charge is 0.488 e. The zero-order valence-electron chi connectivity index (χ0n) is 14.8. The Hall–Kier alpha value is -3.48. The molecule has 2 aromatic carbocycles. The summed E-state index contributed by atoms with van der Waals surface area (Å²) in [5.41, 5.74) is 0.707. The standard InChI is InChI=1S/C20H17FN2O4/c1-22-18(24)15(19(25)23(2)20(22)26)11-13-7-4-6-10-17(13)27-12-14-8-3-5-9-16(14)21/h3-11H,12H2,1-2H3. The van der Waals surface area contributed by atoms with Crippen LogP contribution in [0.25, 0.3) is 6.08 Å². The number of likely N-dealkylation sites (N-methyl/N-ethyl adjacent to an activating group) is 2. The second-order valence-electron chi connectivity index (χ2n) is 5.99. The lowest BCUT2D eigenvalue weighted by Gasteiger charge is -2.29. The summed E-state index contributed by atoms with van der Waals surface area (Å²) in [5, 5.41) is 0. The van der Waals surface area contributed by atoms with Crippen LogP contribution in [0.3, 0.4) is 0 Å². The molecular formula is C20H17FN2O4. The minimum Gasteiger partial charge on any atom is -0.488 e. The number of carbonyl (C=O) groups excluding carboxylic acids is 3. The minimum atomic E-state index is -0.689. The molecule has 3 rings (SSSR count). The number of para-hydroxylation sites is 1. The van der Waals surface area contributed by atoms with E-state index in [4.69, 9.17) is 4.74 Å². The average Bonchev–Trinajstić information content (AvgIpc) is 2.68. The fourth-order valence-corrected chi connectivity index (χ4v) is 2.63. The molecule has 138 valence electrons. The van der Waals surface area contributed by atoms with Gasteiger partial charge in [0.05, 0.1) is 0 Å². The third kappa shape index (κ3) is 3.57. The maximum Gasteiger partial charge on any atom is 0.333 e. The Morgan fingerprint density at radius 2 is 1.52 bits per heavy atom. The van der Waals surface area contributed by atoms with Gasteiger partial charge < -0.3 is 4.74 Å². The molecule has 6 nitrogen and oxygen atoms in total. The van der Waals surface area contributed by atoms with Gasteiger partial charge in [0.15, 0.2) is 0 Å². The summed E-state index contributed by atoms with van der Waals surface area (Å²) in [6.07, 6.45) is 1.38. The fraction of sp³-hybridized carbons (Fsp3) is 0.150. The van der Waals surface area contributed by atoms with E-state index in [9.17, 15) is 18.8 Å². The van der Waals surface area contributed by atoms with Gasteiger partial charge in [0.2, 0.25) is 0 Å². The van der Waals surface area contributed by atoms with Crippen LogP contribution >= 0.6 is 0 Å². The van der Waals surface area contributed by atoms with E-state index in [1.165, 1.54) is 26.2 Å². The molecule has 2 aromatic rings. The molecule has 0 bridgehead atoms. The maximum absolute atomic E-state index is 13.8. The Bertz CT molecular complexity index is 929. The van der Waals surface area contributed by atoms with Crippen LogP contribution in [0.2, 0.25) is 0 Å². The van der Waals surface area contributed by atoms with E-state index >= 15 is 0 Å². The molecular weight excluding hydrogens is 351 g/mol. The van der Waals surface area contributed by atoms with Gasteiger partial charge >= 0.3 is 6.03 Å². The summed E-state index contributed by atoms with van der Waals surface area (Å²) in [4.78, 5) is 38.2. The minimum absolute atomic E-state index is 0.00690. The third-order valence-corrected chi connectivity index (χ3v) is 4.20. The van der Waals surface area contributed by atoms with Crippen LogP contribution in [-0.4, -0.2) is 41.7 Å². The van der Waals surface area contributed by atoms with E-state index in [1.807, 2.05) is 0 Å². The number of amides is 4. The molecule has 27 heavy (non-hydrogen) atoms. The Labute approximate surface area is 155 Å². The van der Waals surface area contributed by atoms with Gasteiger partial charge in [-0.1, -0.05) is 36.4 Å². The highest BCUT2D eigenvalue weighted by atomic mass is 19.1. The Morgan fingerprint density at radius 3 is 2.19 bits per heavy atom. The number of hydrogen-bond acceptors (Lipinski definition) is 4. The molecule has 0 aliphatic carbocycles. The summed E-state index contributed by atoms with van der Waals surface area (Å²) in [6.45, 7) is -0.00690. The van der Waals surface area contributed by atoms with E-state index < -0.39 is 17.8 Å². The number of carbonyl (C=O) groups is 3. The monoisotopic (exact) mass is 368 g/mol. The molecule has 0 aromatic heterocycles. The summed E-state index contributed by atoms with van der Waals surface area (Å²) in [6, 6.07) is 12.3. The maximum atomic E-state index is 13.8. The van der Waals surface area contributed by atoms with Crippen molar-refractivity contribution >= 4 is 23.9 Å². The van der Waals surface area contributed by atoms with E-state index in [-0.39, 0.29) is 18.0 Å². The van der Waals surface area contributed by atoms with Gasteiger partial charge in [-0.15, -0.1) is 0 Å². The van der Waals surface area contributed by atoms with Gasteiger partial charge in [-0.25, -0.2) is 9.18 Å². The predicted molar refractivity (Wildman–Crippen MR) is 96.1 cm³/mol. The average molecular weight is 368 g/mol. The number of hydrogen-bond donors (Lipinski definition) is 0. The molecule has 0 N–H and O–H groups in total. The number of nitrogens with zero attached hydrogens (tertiary/aromatic N) is 2. The molecule has 0 atom stereocenters. The van der Waals surface area contributed by atoms with Gasteiger partial charge in [-0.05, 0) is 18.2 Å². The van der Waals surface area contributed by atoms with Crippen molar-refractivity contribution in [2.75, 3.05) is 14.1 Å². The molecule has 0 unspecified atom stereocenters. The second kappa shape index (κ2) is 7.41. The van der Waals surface area contributed by atoms with Crippen molar-refractivity contribution in [3.8, 4) is 5.75 Å². The van der Waals surface area contributed by atoms with E-state index in [2.05, 4.69) is 0 Å². The molecule has 1 heterocycles. The zero-order valence-corrected chi connectivity index (χ0v) is 14.8. The predicted octanol–water partition coefficient (Wildman–Crippen LogP) is 2.84. The molecule has 7 heteroatoms. The molecule has 1 saturated heterocycles. The number of ether oxygens (including phenoxy) is 1. The van der Waals surface area contributed by atoms with E-state index in [0.29, 0.717) is 16.9 Å². The number of imide groups is 2. The van der Waals surface area contributed by atoms with E-state index in [1.54, 1.807) is 42.5 Å². The SMILES string of the molecule is CN1C(=O)C(=Cc2ccccc2OCc2ccccc2F)C(=O)N(C)C1=O. The number of halogens is 1. The van der Waals surface area contributed by atoms with Crippen molar-refractivity contribution < 1.29 is 23.5 Å². The summed E-state index contributed by atoms with van der Waals surface area (Å²) >= 11 is 0. The Kier molecular flexibility index (Phi) is 5.03. The van der Waals surface area contributed by atoms with Crippen molar-refractivity contribution in [3.05, 3.63) is 71.0 Å². The van der Waals surface area contributed by atoms with Crippen LogP contribution in [-0.2, 0) is 16.2 Å². The molecule has 1 aliphatic heterocycles. The highest BCUT2D eigenvalue weighted by molar-refractivity contribution is 6.30. The second-order valence-corrected chi connectivity index (χ2v) is 5.99. The first-order valence-electron chi connectivity index (χ1n) is 8.17. The number of barbiturate groups is 1. The van der Waals surface area contributed by atoms with Crippen molar-refractivity contribution in [2.24, 2.45) is 0 Å². The lowest BCUT2D eigenvalue weighted by Crippen LogP contribution is -2.52. The van der Waals surface area contributed by atoms with Crippen molar-refractivity contribution in [2.45, 2.75) is 6.61 Å². The highest BCUT2D eigenvalue weighted by Gasteiger charge is 2.37. The van der Waals surface area contributed by atoms with Gasteiger partial charge in [0, 0.05) is 25.2 Å². The Balaban J connectivity index is 1.90. The molecule has 1 fully saturated rings. The molecule has 4 amide bonds. The fourth-order valence-electron chi connectivity index (χ4n) is 2.63. The first kappa shape index (κ1) is 18.3. The van der Waals surface area contributed by atoms with Crippen LogP contribution in [0, 0.1) is 5.82 Å². The molecule has 0 saturated carbocycles. The normalized spacial score (nSPS) is 14.6. The quantitative estimate of drug-likeness (QED) is 0.615. The first-order valence-corrected chi connectivity index (χ1v) is 8.17. The van der Waals surface area contributed by atoms with Gasteiger partial charge in [-0.2, -0.15) is 0 Å². The lowest BCUT2D eigenvalue weighted by molar-refractivity contribution is -0.134. The lowest BCUT2D eigenvalue weighted by atomic mass is 10.1. The van der Waals surface area contributed by atoms with Crippen LogP contribution in [0.15, 0.2) is 54.1 Å².